The minimum absolute atomic E-state index is 0.0314. The lowest BCUT2D eigenvalue weighted by atomic mass is 9.42. The molecule has 0 amide bonds. The van der Waals surface area contributed by atoms with Crippen molar-refractivity contribution in [3.8, 4) is 5.75 Å². The summed E-state index contributed by atoms with van der Waals surface area (Å²) in [5, 5.41) is 5.23. The van der Waals surface area contributed by atoms with E-state index < -0.39 is 0 Å². The molecule has 0 radical (unpaired) electrons. The summed E-state index contributed by atoms with van der Waals surface area (Å²) in [6.45, 7) is 4.64. The minimum Gasteiger partial charge on any atom is -0.495 e. The number of halogens is 1. The number of methoxy groups -OCH3 is 1. The van der Waals surface area contributed by atoms with Crippen molar-refractivity contribution >= 4 is 45.8 Å². The highest BCUT2D eigenvalue weighted by Gasteiger charge is 2.69. The number of thioether (sulfide) groups is 1. The van der Waals surface area contributed by atoms with Crippen LogP contribution in [0, 0.1) is 28.6 Å². The molecular formula is C27H33ClN2O3S. The van der Waals surface area contributed by atoms with Crippen molar-refractivity contribution in [3.63, 3.8) is 0 Å². The van der Waals surface area contributed by atoms with E-state index in [0.29, 0.717) is 47.2 Å². The number of amidine groups is 1. The molecule has 1 heterocycles. The number of rotatable bonds is 2. The van der Waals surface area contributed by atoms with Gasteiger partial charge in [0.25, 0.3) is 0 Å². The van der Waals surface area contributed by atoms with Gasteiger partial charge in [-0.2, -0.15) is 0 Å². The van der Waals surface area contributed by atoms with E-state index in [9.17, 15) is 9.59 Å². The first kappa shape index (κ1) is 22.9. The van der Waals surface area contributed by atoms with Crippen LogP contribution < -0.4 is 10.1 Å². The number of nitrogens with zero attached hydrogens (tertiary/aromatic N) is 1. The monoisotopic (exact) mass is 500 g/mol. The van der Waals surface area contributed by atoms with Crippen molar-refractivity contribution in [2.75, 3.05) is 12.4 Å². The molecule has 5 nitrogen and oxygen atoms in total. The van der Waals surface area contributed by atoms with Gasteiger partial charge in [0.1, 0.15) is 17.3 Å². The zero-order chi connectivity index (χ0) is 23.9. The average Bonchev–Trinajstić information content (AvgIpc) is 3.29. The van der Waals surface area contributed by atoms with Gasteiger partial charge in [-0.3, -0.25) is 14.6 Å². The summed E-state index contributed by atoms with van der Waals surface area (Å²) in [5.41, 5.74) is 0.239. The number of fused-ring (bicyclic) bond motifs is 4. The third-order valence-electron chi connectivity index (χ3n) is 10.3. The maximum atomic E-state index is 12.9. The van der Waals surface area contributed by atoms with E-state index in [-0.39, 0.29) is 21.6 Å². The lowest BCUT2D eigenvalue weighted by Crippen LogP contribution is -2.65. The zero-order valence-corrected chi connectivity index (χ0v) is 21.7. The predicted molar refractivity (Wildman–Crippen MR) is 137 cm³/mol. The third-order valence-corrected chi connectivity index (χ3v) is 11.8. The fourth-order valence-corrected chi connectivity index (χ4v) is 10.2. The second-order valence-electron chi connectivity index (χ2n) is 11.6. The first-order valence-corrected chi connectivity index (χ1v) is 13.9. The van der Waals surface area contributed by atoms with Crippen LogP contribution in [0.2, 0.25) is 5.02 Å². The molecule has 1 aromatic carbocycles. The molecule has 0 bridgehead atoms. The van der Waals surface area contributed by atoms with Gasteiger partial charge in [0, 0.05) is 35.0 Å². The van der Waals surface area contributed by atoms with Crippen LogP contribution in [0.4, 0.5) is 5.69 Å². The van der Waals surface area contributed by atoms with Crippen LogP contribution >= 0.6 is 23.4 Å². The first-order chi connectivity index (χ1) is 16.2. The number of carbonyl (C=O) groups is 2. The molecular weight excluding hydrogens is 468 g/mol. The SMILES string of the molecule is COc1ccc(Cl)cc1NC1=N[C@]23CC(=O)CC[C@]2(C)[C@H]2CC[C@]4(C)C(=O)CC[C@H]4[C@@H]2C[C@@H]3S1. The van der Waals surface area contributed by atoms with E-state index >= 15 is 0 Å². The van der Waals surface area contributed by atoms with E-state index in [1.54, 1.807) is 18.9 Å². The fraction of sp³-hybridized carbons (Fsp3) is 0.667. The minimum atomic E-state index is -0.376. The summed E-state index contributed by atoms with van der Waals surface area (Å²) in [4.78, 5) is 31.1. The molecule has 4 aliphatic carbocycles. The summed E-state index contributed by atoms with van der Waals surface area (Å²) >= 11 is 8.06. The summed E-state index contributed by atoms with van der Waals surface area (Å²) in [7, 11) is 1.65. The quantitative estimate of drug-likeness (QED) is 0.527. The molecule has 4 fully saturated rings. The number of ketones is 2. The fourth-order valence-electron chi connectivity index (χ4n) is 8.49. The van der Waals surface area contributed by atoms with Crippen LogP contribution in [0.5, 0.6) is 5.75 Å². The van der Waals surface area contributed by atoms with Gasteiger partial charge in [-0.15, -0.1) is 0 Å². The Hall–Kier alpha value is -1.53. The molecule has 0 unspecified atom stereocenters. The zero-order valence-electron chi connectivity index (χ0n) is 20.2. The number of carbonyl (C=O) groups excluding carboxylic acids is 2. The Morgan fingerprint density at radius 1 is 1.15 bits per heavy atom. The average molecular weight is 501 g/mol. The van der Waals surface area contributed by atoms with Crippen LogP contribution in [0.3, 0.4) is 0 Å². The van der Waals surface area contributed by atoms with Crippen LogP contribution in [-0.4, -0.2) is 34.6 Å². The number of aliphatic imine (C=N–C) groups is 1. The van der Waals surface area contributed by atoms with Crippen LogP contribution in [0.25, 0.3) is 0 Å². The van der Waals surface area contributed by atoms with Gasteiger partial charge in [-0.1, -0.05) is 37.2 Å². The molecule has 7 atom stereocenters. The van der Waals surface area contributed by atoms with E-state index in [0.717, 1.165) is 55.1 Å². The van der Waals surface area contributed by atoms with Gasteiger partial charge >= 0.3 is 0 Å². The second-order valence-corrected chi connectivity index (χ2v) is 13.2. The number of hydrogen-bond donors (Lipinski definition) is 1. The lowest BCUT2D eigenvalue weighted by Gasteiger charge is -2.63. The molecule has 0 aromatic heterocycles. The molecule has 4 saturated carbocycles. The third kappa shape index (κ3) is 3.03. The highest BCUT2D eigenvalue weighted by Crippen LogP contribution is 2.70. The predicted octanol–water partition coefficient (Wildman–Crippen LogP) is 6.15. The Balaban J connectivity index is 1.39. The van der Waals surface area contributed by atoms with Crippen molar-refractivity contribution in [1.82, 2.24) is 0 Å². The van der Waals surface area contributed by atoms with Crippen LogP contribution in [0.1, 0.15) is 65.2 Å². The molecule has 7 heteroatoms. The largest absolute Gasteiger partial charge is 0.495 e. The van der Waals surface area contributed by atoms with Crippen LogP contribution in [0.15, 0.2) is 23.2 Å². The van der Waals surface area contributed by atoms with E-state index in [1.165, 1.54) is 0 Å². The highest BCUT2D eigenvalue weighted by molar-refractivity contribution is 8.15. The van der Waals surface area contributed by atoms with Gasteiger partial charge in [-0.25, -0.2) is 0 Å². The Labute approximate surface area is 210 Å². The van der Waals surface area contributed by atoms with Crippen molar-refractivity contribution in [2.45, 2.75) is 76.0 Å². The molecule has 0 saturated heterocycles. The summed E-state index contributed by atoms with van der Waals surface area (Å²) in [6, 6.07) is 5.54. The van der Waals surface area contributed by atoms with Gasteiger partial charge in [0.15, 0.2) is 5.17 Å². The number of hydrogen-bond acceptors (Lipinski definition) is 6. The van der Waals surface area contributed by atoms with Gasteiger partial charge in [-0.05, 0) is 73.5 Å². The van der Waals surface area contributed by atoms with Crippen molar-refractivity contribution < 1.29 is 14.3 Å². The van der Waals surface area contributed by atoms with E-state index in [1.807, 2.05) is 18.2 Å². The summed E-state index contributed by atoms with van der Waals surface area (Å²) < 4.78 is 5.55. The molecule has 1 spiro atoms. The number of anilines is 1. The highest BCUT2D eigenvalue weighted by atomic mass is 35.5. The number of Topliss-reactive ketones (excluding diaryl/α,β-unsaturated/α-hetero) is 2. The normalized spacial score (nSPS) is 42.9. The first-order valence-electron chi connectivity index (χ1n) is 12.6. The Morgan fingerprint density at radius 2 is 1.97 bits per heavy atom. The van der Waals surface area contributed by atoms with Crippen molar-refractivity contribution in [1.29, 1.82) is 0 Å². The van der Waals surface area contributed by atoms with Gasteiger partial charge in [0.2, 0.25) is 0 Å². The molecule has 1 aliphatic heterocycles. The molecule has 1 aromatic rings. The second kappa shape index (κ2) is 7.73. The Kier molecular flexibility index (Phi) is 5.21. The maximum Gasteiger partial charge on any atom is 0.162 e. The Bertz CT molecular complexity index is 1110. The van der Waals surface area contributed by atoms with Gasteiger partial charge < -0.3 is 10.1 Å². The summed E-state index contributed by atoms with van der Waals surface area (Å²) in [5.74, 6) is 3.05. The standard InChI is InChI=1S/C27H33ClN2O3S/c1-25-10-9-19-17(18(25)5-7-22(25)32)13-23-27(14-16(31)8-11-26(19,27)2)30-24(34-23)29-20-12-15(28)4-6-21(20)33-3/h4,6,12,17-19,23H,5,7-11,13-14H2,1-3H3,(H,29,30)/t17-,18-,19-,23-,25-,26+,27-/m0/s1. The molecule has 182 valence electrons. The molecule has 6 rings (SSSR count). The number of ether oxygens (including phenoxy) is 1. The maximum absolute atomic E-state index is 12.9. The number of benzene rings is 1. The van der Waals surface area contributed by atoms with E-state index in [2.05, 4.69) is 19.2 Å². The summed E-state index contributed by atoms with van der Waals surface area (Å²) in [6.07, 6.45) is 6.95. The van der Waals surface area contributed by atoms with E-state index in [4.69, 9.17) is 21.3 Å². The smallest absolute Gasteiger partial charge is 0.162 e. The Morgan fingerprint density at radius 3 is 2.76 bits per heavy atom. The van der Waals surface area contributed by atoms with Gasteiger partial charge in [0.05, 0.1) is 18.3 Å². The molecule has 1 N–H and O–H groups in total. The van der Waals surface area contributed by atoms with Crippen LogP contribution in [-0.2, 0) is 9.59 Å². The topological polar surface area (TPSA) is 67.8 Å². The van der Waals surface area contributed by atoms with Crippen molar-refractivity contribution in [3.05, 3.63) is 23.2 Å². The van der Waals surface area contributed by atoms with Crippen molar-refractivity contribution in [2.24, 2.45) is 33.6 Å². The lowest BCUT2D eigenvalue weighted by molar-refractivity contribution is -0.146. The molecule has 5 aliphatic rings. The number of nitrogens with one attached hydrogen (secondary N) is 1. The molecule has 34 heavy (non-hydrogen) atoms.